The van der Waals surface area contributed by atoms with Crippen LogP contribution in [-0.2, 0) is 13.5 Å². The zero-order valence-electron chi connectivity index (χ0n) is 8.20. The molecular formula is C11H14N2O. The summed E-state index contributed by atoms with van der Waals surface area (Å²) in [7, 11) is 2.02. The van der Waals surface area contributed by atoms with Gasteiger partial charge in [-0.05, 0) is 37.2 Å². The van der Waals surface area contributed by atoms with E-state index in [1.807, 2.05) is 13.1 Å². The number of rotatable bonds is 2. The molecule has 3 N–H and O–H groups in total. The van der Waals surface area contributed by atoms with Crippen molar-refractivity contribution in [1.82, 2.24) is 4.57 Å². The molecule has 2 aromatic rings. The number of aryl methyl sites for hydroxylation is 1. The highest BCUT2D eigenvalue weighted by Crippen LogP contribution is 2.23. The van der Waals surface area contributed by atoms with Crippen molar-refractivity contribution in [2.75, 3.05) is 6.54 Å². The Kier molecular flexibility index (Phi) is 2.17. The van der Waals surface area contributed by atoms with Gasteiger partial charge in [0, 0.05) is 23.6 Å². The number of phenolic OH excluding ortho intramolecular Hbond substituents is 1. The van der Waals surface area contributed by atoms with E-state index in [1.54, 1.807) is 12.1 Å². The molecule has 14 heavy (non-hydrogen) atoms. The zero-order valence-corrected chi connectivity index (χ0v) is 8.20. The second-order valence-electron chi connectivity index (χ2n) is 3.48. The molecule has 2 rings (SSSR count). The molecule has 3 nitrogen and oxygen atoms in total. The SMILES string of the molecule is Cn1c(CCN)cc2cc(O)ccc21. The van der Waals surface area contributed by atoms with Crippen LogP contribution < -0.4 is 5.73 Å². The van der Waals surface area contributed by atoms with Crippen LogP contribution in [0.3, 0.4) is 0 Å². The lowest BCUT2D eigenvalue weighted by Gasteiger charge is -2.01. The van der Waals surface area contributed by atoms with Crippen molar-refractivity contribution >= 4 is 10.9 Å². The smallest absolute Gasteiger partial charge is 0.116 e. The number of benzene rings is 1. The van der Waals surface area contributed by atoms with Crippen molar-refractivity contribution in [2.45, 2.75) is 6.42 Å². The Balaban J connectivity index is 2.61. The fourth-order valence-electron chi connectivity index (χ4n) is 1.78. The largest absolute Gasteiger partial charge is 0.508 e. The molecule has 1 aromatic heterocycles. The van der Waals surface area contributed by atoms with E-state index in [0.717, 1.165) is 17.3 Å². The first-order valence-corrected chi connectivity index (χ1v) is 4.70. The Morgan fingerprint density at radius 1 is 1.36 bits per heavy atom. The van der Waals surface area contributed by atoms with Crippen LogP contribution in [0, 0.1) is 0 Å². The van der Waals surface area contributed by atoms with Crippen LogP contribution in [0.2, 0.25) is 0 Å². The van der Waals surface area contributed by atoms with Crippen LogP contribution in [0.1, 0.15) is 5.69 Å². The van der Waals surface area contributed by atoms with E-state index in [9.17, 15) is 5.11 Å². The highest BCUT2D eigenvalue weighted by molar-refractivity contribution is 5.82. The maximum Gasteiger partial charge on any atom is 0.116 e. The lowest BCUT2D eigenvalue weighted by atomic mass is 10.2. The summed E-state index contributed by atoms with van der Waals surface area (Å²) in [6.07, 6.45) is 0.867. The summed E-state index contributed by atoms with van der Waals surface area (Å²) < 4.78 is 2.11. The van der Waals surface area contributed by atoms with Gasteiger partial charge in [0.25, 0.3) is 0 Å². The van der Waals surface area contributed by atoms with Gasteiger partial charge in [0.1, 0.15) is 5.75 Å². The Morgan fingerprint density at radius 3 is 2.86 bits per heavy atom. The summed E-state index contributed by atoms with van der Waals surface area (Å²) in [5.41, 5.74) is 7.85. The molecule has 1 aromatic carbocycles. The number of nitrogens with zero attached hydrogens (tertiary/aromatic N) is 1. The van der Waals surface area contributed by atoms with Gasteiger partial charge in [0.15, 0.2) is 0 Å². The molecule has 1 heterocycles. The Hall–Kier alpha value is -1.48. The van der Waals surface area contributed by atoms with Crippen molar-refractivity contribution in [3.05, 3.63) is 30.0 Å². The van der Waals surface area contributed by atoms with Crippen molar-refractivity contribution in [2.24, 2.45) is 12.8 Å². The highest BCUT2D eigenvalue weighted by Gasteiger charge is 2.04. The van der Waals surface area contributed by atoms with Crippen LogP contribution in [0.5, 0.6) is 5.75 Å². The molecule has 0 spiro atoms. The minimum atomic E-state index is 0.308. The van der Waals surface area contributed by atoms with Gasteiger partial charge in [-0.2, -0.15) is 0 Å². The van der Waals surface area contributed by atoms with E-state index in [0.29, 0.717) is 12.3 Å². The van der Waals surface area contributed by atoms with Crippen LogP contribution in [0.4, 0.5) is 0 Å². The van der Waals surface area contributed by atoms with E-state index in [2.05, 4.69) is 10.6 Å². The van der Waals surface area contributed by atoms with Crippen molar-refractivity contribution in [3.8, 4) is 5.75 Å². The maximum absolute atomic E-state index is 9.33. The highest BCUT2D eigenvalue weighted by atomic mass is 16.3. The Labute approximate surface area is 82.8 Å². The molecule has 0 saturated carbocycles. The number of phenols is 1. The number of nitrogens with two attached hydrogens (primary N) is 1. The summed E-state index contributed by atoms with van der Waals surface area (Å²) in [5, 5.41) is 10.4. The summed E-state index contributed by atoms with van der Waals surface area (Å²) >= 11 is 0. The molecule has 0 fully saturated rings. The van der Waals surface area contributed by atoms with Gasteiger partial charge in [-0.15, -0.1) is 0 Å². The first-order valence-electron chi connectivity index (χ1n) is 4.70. The molecule has 0 atom stereocenters. The van der Waals surface area contributed by atoms with Crippen LogP contribution in [0.25, 0.3) is 10.9 Å². The van der Waals surface area contributed by atoms with Gasteiger partial charge < -0.3 is 15.4 Å². The molecule has 0 radical (unpaired) electrons. The van der Waals surface area contributed by atoms with Gasteiger partial charge in [-0.25, -0.2) is 0 Å². The quantitative estimate of drug-likeness (QED) is 0.751. The van der Waals surface area contributed by atoms with Crippen molar-refractivity contribution in [1.29, 1.82) is 0 Å². The fraction of sp³-hybridized carbons (Fsp3) is 0.273. The van der Waals surface area contributed by atoms with Crippen LogP contribution >= 0.6 is 0 Å². The third kappa shape index (κ3) is 1.36. The fourth-order valence-corrected chi connectivity index (χ4v) is 1.78. The average Bonchev–Trinajstić information content (AvgIpc) is 2.44. The molecule has 0 aliphatic heterocycles. The molecule has 3 heteroatoms. The summed E-state index contributed by atoms with van der Waals surface area (Å²) in [5.74, 6) is 0.308. The molecule has 0 saturated heterocycles. The van der Waals surface area contributed by atoms with Crippen molar-refractivity contribution < 1.29 is 5.11 Å². The second kappa shape index (κ2) is 3.35. The second-order valence-corrected chi connectivity index (χ2v) is 3.48. The Morgan fingerprint density at radius 2 is 2.14 bits per heavy atom. The van der Waals surface area contributed by atoms with Gasteiger partial charge >= 0.3 is 0 Å². The number of fused-ring (bicyclic) bond motifs is 1. The van der Waals surface area contributed by atoms with Gasteiger partial charge in [0.05, 0.1) is 0 Å². The van der Waals surface area contributed by atoms with Crippen molar-refractivity contribution in [3.63, 3.8) is 0 Å². The lowest BCUT2D eigenvalue weighted by Crippen LogP contribution is -2.06. The molecule has 0 bridgehead atoms. The van der Waals surface area contributed by atoms with Crippen LogP contribution in [-0.4, -0.2) is 16.2 Å². The van der Waals surface area contributed by atoms with E-state index in [4.69, 9.17) is 5.73 Å². The minimum Gasteiger partial charge on any atom is -0.508 e. The van der Waals surface area contributed by atoms with E-state index < -0.39 is 0 Å². The predicted molar refractivity (Wildman–Crippen MR) is 57.3 cm³/mol. The van der Waals surface area contributed by atoms with E-state index >= 15 is 0 Å². The molecule has 74 valence electrons. The first-order chi connectivity index (χ1) is 6.72. The van der Waals surface area contributed by atoms with Gasteiger partial charge in [-0.3, -0.25) is 0 Å². The third-order valence-corrected chi connectivity index (χ3v) is 2.53. The van der Waals surface area contributed by atoms with E-state index in [-0.39, 0.29) is 0 Å². The molecule has 0 unspecified atom stereocenters. The lowest BCUT2D eigenvalue weighted by molar-refractivity contribution is 0.476. The zero-order chi connectivity index (χ0) is 10.1. The minimum absolute atomic E-state index is 0.308. The molecule has 0 amide bonds. The summed E-state index contributed by atoms with van der Waals surface area (Å²) in [4.78, 5) is 0. The van der Waals surface area contributed by atoms with Crippen LogP contribution in [0.15, 0.2) is 24.3 Å². The molecule has 0 aliphatic rings. The monoisotopic (exact) mass is 190 g/mol. The standard InChI is InChI=1S/C11H14N2O/c1-13-9(4-5-12)6-8-7-10(14)2-3-11(8)13/h2-3,6-7,14H,4-5,12H2,1H3. The van der Waals surface area contributed by atoms with Gasteiger partial charge in [-0.1, -0.05) is 0 Å². The molecular weight excluding hydrogens is 176 g/mol. The average molecular weight is 190 g/mol. The van der Waals surface area contributed by atoms with Gasteiger partial charge in [0.2, 0.25) is 0 Å². The number of hydrogen-bond acceptors (Lipinski definition) is 2. The summed E-state index contributed by atoms with van der Waals surface area (Å²) in [6, 6.07) is 7.47. The first kappa shape index (κ1) is 9.09. The number of aromatic nitrogens is 1. The number of hydrogen-bond donors (Lipinski definition) is 2. The third-order valence-electron chi connectivity index (χ3n) is 2.53. The molecule has 0 aliphatic carbocycles. The topological polar surface area (TPSA) is 51.2 Å². The normalized spacial score (nSPS) is 11.0. The Bertz CT molecular complexity index is 460. The summed E-state index contributed by atoms with van der Waals surface area (Å²) in [6.45, 7) is 0.649. The predicted octanol–water partition coefficient (Wildman–Crippen LogP) is 1.39. The number of aromatic hydroxyl groups is 1. The maximum atomic E-state index is 9.33. The van der Waals surface area contributed by atoms with E-state index in [1.165, 1.54) is 5.69 Å².